The number of nitro groups is 1. The minimum Gasteiger partial charge on any atom is -0.259 e. The Bertz CT molecular complexity index is 384. The lowest BCUT2D eigenvalue weighted by Gasteiger charge is -2.18. The monoisotopic (exact) mass is 203 g/mol. The first-order chi connectivity index (χ1) is 7.29. The second-order valence-corrected chi connectivity index (χ2v) is 3.78. The van der Waals surface area contributed by atoms with E-state index in [1.54, 1.807) is 6.08 Å². The van der Waals surface area contributed by atoms with E-state index in [0.29, 0.717) is 5.70 Å². The molecule has 1 atom stereocenters. The molecule has 15 heavy (non-hydrogen) atoms. The quantitative estimate of drug-likeness (QED) is 0.547. The largest absolute Gasteiger partial charge is 0.259 e. The Morgan fingerprint density at radius 1 is 1.27 bits per heavy atom. The number of benzene rings is 1. The van der Waals surface area contributed by atoms with E-state index < -0.39 is 0 Å². The Balaban J connectivity index is 2.32. The molecule has 3 nitrogen and oxygen atoms in total. The van der Waals surface area contributed by atoms with Crippen molar-refractivity contribution in [2.75, 3.05) is 0 Å². The van der Waals surface area contributed by atoms with Gasteiger partial charge in [-0.3, -0.25) is 10.1 Å². The van der Waals surface area contributed by atoms with Gasteiger partial charge in [-0.2, -0.15) is 0 Å². The Hall–Kier alpha value is -1.64. The van der Waals surface area contributed by atoms with Gasteiger partial charge in [-0.25, -0.2) is 0 Å². The molecule has 0 fully saturated rings. The average Bonchev–Trinajstić information content (AvgIpc) is 2.30. The van der Waals surface area contributed by atoms with Crippen LogP contribution in [0.4, 0.5) is 0 Å². The van der Waals surface area contributed by atoms with Crippen molar-refractivity contribution in [2.24, 2.45) is 0 Å². The summed E-state index contributed by atoms with van der Waals surface area (Å²) < 4.78 is 0. The molecule has 0 unspecified atom stereocenters. The summed E-state index contributed by atoms with van der Waals surface area (Å²) in [5.41, 5.74) is 1.42. The van der Waals surface area contributed by atoms with Crippen LogP contribution in [0.5, 0.6) is 0 Å². The molecule has 0 heterocycles. The van der Waals surface area contributed by atoms with Crippen LogP contribution in [0, 0.1) is 10.1 Å². The smallest absolute Gasteiger partial charge is 0.249 e. The van der Waals surface area contributed by atoms with Crippen LogP contribution in [-0.4, -0.2) is 4.92 Å². The maximum Gasteiger partial charge on any atom is 0.249 e. The van der Waals surface area contributed by atoms with Crippen molar-refractivity contribution in [3.63, 3.8) is 0 Å². The second-order valence-electron chi connectivity index (χ2n) is 3.78. The molecule has 0 aliphatic heterocycles. The maximum absolute atomic E-state index is 10.9. The van der Waals surface area contributed by atoms with E-state index in [4.69, 9.17) is 0 Å². The van der Waals surface area contributed by atoms with Gasteiger partial charge < -0.3 is 0 Å². The topological polar surface area (TPSA) is 43.1 Å². The van der Waals surface area contributed by atoms with E-state index in [1.807, 2.05) is 30.3 Å². The number of hydrogen-bond donors (Lipinski definition) is 0. The third-order valence-corrected chi connectivity index (χ3v) is 2.82. The molecule has 1 aliphatic rings. The highest BCUT2D eigenvalue weighted by Gasteiger charge is 2.28. The van der Waals surface area contributed by atoms with Gasteiger partial charge in [-0.05, 0) is 30.9 Å². The number of nitrogens with zero attached hydrogens (tertiary/aromatic N) is 1. The van der Waals surface area contributed by atoms with Crippen molar-refractivity contribution in [3.05, 3.63) is 57.8 Å². The highest BCUT2D eigenvalue weighted by molar-refractivity contribution is 5.27. The van der Waals surface area contributed by atoms with Gasteiger partial charge >= 0.3 is 0 Å². The van der Waals surface area contributed by atoms with Crippen LogP contribution in [-0.2, 0) is 0 Å². The van der Waals surface area contributed by atoms with Crippen molar-refractivity contribution < 1.29 is 4.92 Å². The first-order valence-corrected chi connectivity index (χ1v) is 5.18. The fraction of sp³-hybridized carbons (Fsp3) is 0.333. The molecule has 1 aromatic carbocycles. The standard InChI is InChI=1S/C12H13NO2/c14-13(15)12-9-5-4-8-11(12)10-6-2-1-3-7-10/h1-3,6-7,9,11H,4-5,8H2/t11-/m1/s1. The van der Waals surface area contributed by atoms with E-state index in [-0.39, 0.29) is 10.8 Å². The number of rotatable bonds is 2. The summed E-state index contributed by atoms with van der Waals surface area (Å²) in [7, 11) is 0. The van der Waals surface area contributed by atoms with Crippen molar-refractivity contribution in [2.45, 2.75) is 25.2 Å². The van der Waals surface area contributed by atoms with Crippen molar-refractivity contribution in [1.29, 1.82) is 0 Å². The van der Waals surface area contributed by atoms with E-state index >= 15 is 0 Å². The minimum absolute atomic E-state index is 0.0186. The molecule has 0 saturated heterocycles. The maximum atomic E-state index is 10.9. The van der Waals surface area contributed by atoms with Gasteiger partial charge in [0, 0.05) is 0 Å². The molecule has 1 aromatic rings. The SMILES string of the molecule is O=[N+]([O-])C1=CCCC[C@@H]1c1ccccc1. The van der Waals surface area contributed by atoms with Crippen LogP contribution >= 0.6 is 0 Å². The number of hydrogen-bond acceptors (Lipinski definition) is 2. The van der Waals surface area contributed by atoms with Crippen LogP contribution in [0.2, 0.25) is 0 Å². The molecule has 0 bridgehead atoms. The molecule has 0 N–H and O–H groups in total. The zero-order valence-electron chi connectivity index (χ0n) is 8.43. The lowest BCUT2D eigenvalue weighted by molar-refractivity contribution is -0.431. The highest BCUT2D eigenvalue weighted by Crippen LogP contribution is 2.33. The van der Waals surface area contributed by atoms with Gasteiger partial charge in [0.05, 0.1) is 10.8 Å². The second kappa shape index (κ2) is 4.26. The molecule has 0 amide bonds. The van der Waals surface area contributed by atoms with Gasteiger partial charge in [-0.1, -0.05) is 30.3 Å². The molecule has 0 spiro atoms. The fourth-order valence-corrected chi connectivity index (χ4v) is 2.09. The molecule has 1 aliphatic carbocycles. The van der Waals surface area contributed by atoms with Crippen molar-refractivity contribution in [3.8, 4) is 0 Å². The van der Waals surface area contributed by atoms with Crippen molar-refractivity contribution >= 4 is 0 Å². The summed E-state index contributed by atoms with van der Waals surface area (Å²) in [6, 6.07) is 9.73. The number of allylic oxidation sites excluding steroid dienone is 2. The average molecular weight is 203 g/mol. The van der Waals surface area contributed by atoms with E-state index in [9.17, 15) is 10.1 Å². The van der Waals surface area contributed by atoms with Crippen LogP contribution in [0.15, 0.2) is 42.1 Å². The van der Waals surface area contributed by atoms with Gasteiger partial charge in [0.2, 0.25) is 5.70 Å². The van der Waals surface area contributed by atoms with Crippen molar-refractivity contribution in [1.82, 2.24) is 0 Å². The minimum atomic E-state index is -0.239. The van der Waals surface area contributed by atoms with E-state index in [0.717, 1.165) is 24.8 Å². The molecule has 0 radical (unpaired) electrons. The van der Waals surface area contributed by atoms with Gasteiger partial charge in [0.25, 0.3) is 0 Å². The van der Waals surface area contributed by atoms with Crippen LogP contribution in [0.25, 0.3) is 0 Å². The summed E-state index contributed by atoms with van der Waals surface area (Å²) in [5.74, 6) is -0.0186. The van der Waals surface area contributed by atoms with Crippen LogP contribution in [0.3, 0.4) is 0 Å². The highest BCUT2D eigenvalue weighted by atomic mass is 16.6. The first-order valence-electron chi connectivity index (χ1n) is 5.18. The summed E-state index contributed by atoms with van der Waals surface area (Å²) in [6.07, 6.45) is 4.52. The molecule has 2 rings (SSSR count). The predicted octanol–water partition coefficient (Wildman–Crippen LogP) is 3.11. The lowest BCUT2D eigenvalue weighted by Crippen LogP contribution is -2.13. The van der Waals surface area contributed by atoms with Crippen LogP contribution in [0.1, 0.15) is 30.7 Å². The Kier molecular flexibility index (Phi) is 2.81. The summed E-state index contributed by atoms with van der Waals surface area (Å²) in [6.45, 7) is 0. The van der Waals surface area contributed by atoms with Gasteiger partial charge in [0.15, 0.2) is 0 Å². The summed E-state index contributed by atoms with van der Waals surface area (Å²) >= 11 is 0. The Morgan fingerprint density at radius 2 is 2.00 bits per heavy atom. The van der Waals surface area contributed by atoms with E-state index in [1.165, 1.54) is 0 Å². The zero-order chi connectivity index (χ0) is 10.7. The van der Waals surface area contributed by atoms with E-state index in [2.05, 4.69) is 0 Å². The molecule has 3 heteroatoms. The lowest BCUT2D eigenvalue weighted by atomic mass is 9.86. The first kappa shape index (κ1) is 9.90. The predicted molar refractivity (Wildman–Crippen MR) is 58.1 cm³/mol. The zero-order valence-corrected chi connectivity index (χ0v) is 8.43. The molecule has 0 aromatic heterocycles. The third-order valence-electron chi connectivity index (χ3n) is 2.82. The molecular formula is C12H13NO2. The normalized spacial score (nSPS) is 20.8. The molecular weight excluding hydrogens is 190 g/mol. The van der Waals surface area contributed by atoms with Gasteiger partial charge in [0.1, 0.15) is 0 Å². The molecule has 78 valence electrons. The molecule has 0 saturated carbocycles. The Labute approximate surface area is 88.6 Å². The van der Waals surface area contributed by atoms with Crippen LogP contribution < -0.4 is 0 Å². The summed E-state index contributed by atoms with van der Waals surface area (Å²) in [5, 5.41) is 10.9. The van der Waals surface area contributed by atoms with Gasteiger partial charge in [-0.15, -0.1) is 0 Å². The Morgan fingerprint density at radius 3 is 2.67 bits per heavy atom. The fourth-order valence-electron chi connectivity index (χ4n) is 2.09. The summed E-state index contributed by atoms with van der Waals surface area (Å²) in [4.78, 5) is 10.6. The third kappa shape index (κ3) is 2.06.